The van der Waals surface area contributed by atoms with Crippen molar-refractivity contribution in [1.29, 1.82) is 0 Å². The fourth-order valence-corrected chi connectivity index (χ4v) is 2.09. The van der Waals surface area contributed by atoms with Gasteiger partial charge in [0, 0.05) is 0 Å². The Morgan fingerprint density at radius 3 is 2.12 bits per heavy atom. The Balaban J connectivity index is 2.45. The predicted molar refractivity (Wildman–Crippen MR) is 71.2 cm³/mol. The molecule has 2 aromatic carbocycles. The van der Waals surface area contributed by atoms with Gasteiger partial charge in [0.25, 0.3) is 0 Å². The second kappa shape index (κ2) is 4.72. The summed E-state index contributed by atoms with van der Waals surface area (Å²) in [5.74, 6) is 0. The number of rotatable bonds is 2. The molecule has 1 atom stereocenters. The average molecular weight is 226 g/mol. The molecule has 17 heavy (non-hydrogen) atoms. The molecule has 0 saturated heterocycles. The molecule has 0 aromatic heterocycles. The molecule has 0 saturated carbocycles. The lowest BCUT2D eigenvalue weighted by molar-refractivity contribution is 0.219. The first-order valence-electron chi connectivity index (χ1n) is 5.91. The van der Waals surface area contributed by atoms with Crippen molar-refractivity contribution in [3.05, 3.63) is 70.3 Å². The van der Waals surface area contributed by atoms with Gasteiger partial charge in [-0.05, 0) is 48.6 Å². The van der Waals surface area contributed by atoms with E-state index in [0.29, 0.717) is 0 Å². The summed E-state index contributed by atoms with van der Waals surface area (Å²) in [6.45, 7) is 6.27. The lowest BCUT2D eigenvalue weighted by Crippen LogP contribution is -2.03. The van der Waals surface area contributed by atoms with Crippen molar-refractivity contribution in [2.24, 2.45) is 0 Å². The lowest BCUT2D eigenvalue weighted by Gasteiger charge is -2.17. The molecule has 0 aliphatic carbocycles. The van der Waals surface area contributed by atoms with E-state index >= 15 is 0 Å². The molecule has 1 nitrogen and oxygen atoms in total. The van der Waals surface area contributed by atoms with Crippen molar-refractivity contribution in [2.45, 2.75) is 26.9 Å². The molecule has 1 N–H and O–H groups in total. The van der Waals surface area contributed by atoms with Gasteiger partial charge in [0.05, 0.1) is 0 Å². The van der Waals surface area contributed by atoms with Gasteiger partial charge in [-0.2, -0.15) is 0 Å². The van der Waals surface area contributed by atoms with E-state index in [1.165, 1.54) is 16.7 Å². The highest BCUT2D eigenvalue weighted by atomic mass is 16.3. The molecule has 1 heteroatoms. The summed E-state index contributed by atoms with van der Waals surface area (Å²) in [7, 11) is 0. The van der Waals surface area contributed by atoms with Gasteiger partial charge in [0.15, 0.2) is 0 Å². The van der Waals surface area contributed by atoms with Crippen LogP contribution in [-0.2, 0) is 0 Å². The molecule has 0 aliphatic rings. The quantitative estimate of drug-likeness (QED) is 0.828. The number of aliphatic hydroxyl groups excluding tert-OH is 1. The van der Waals surface area contributed by atoms with Crippen LogP contribution in [0.15, 0.2) is 42.5 Å². The Labute approximate surface area is 103 Å². The summed E-state index contributed by atoms with van der Waals surface area (Å²) in [6.07, 6.45) is -0.532. The maximum Gasteiger partial charge on any atom is 0.104 e. The molecule has 88 valence electrons. The van der Waals surface area contributed by atoms with Crippen LogP contribution in [-0.4, -0.2) is 5.11 Å². The zero-order valence-electron chi connectivity index (χ0n) is 10.6. The van der Waals surface area contributed by atoms with Crippen LogP contribution in [0.25, 0.3) is 0 Å². The van der Waals surface area contributed by atoms with Crippen molar-refractivity contribution < 1.29 is 5.11 Å². The number of aliphatic hydroxyl groups is 1. The minimum atomic E-state index is -0.532. The Hall–Kier alpha value is -1.60. The summed E-state index contributed by atoms with van der Waals surface area (Å²) < 4.78 is 0. The van der Waals surface area contributed by atoms with Crippen molar-refractivity contribution in [3.63, 3.8) is 0 Å². The van der Waals surface area contributed by atoms with Gasteiger partial charge in [-0.15, -0.1) is 0 Å². The number of aryl methyl sites for hydroxylation is 1. The van der Waals surface area contributed by atoms with Gasteiger partial charge in [-0.3, -0.25) is 0 Å². The number of hydrogen-bond acceptors (Lipinski definition) is 1. The van der Waals surface area contributed by atoms with Crippen LogP contribution in [0, 0.1) is 20.8 Å². The lowest BCUT2D eigenvalue weighted by atomic mass is 9.92. The molecule has 0 heterocycles. The van der Waals surface area contributed by atoms with E-state index in [1.807, 2.05) is 36.4 Å². The second-order valence-corrected chi connectivity index (χ2v) is 4.53. The van der Waals surface area contributed by atoms with E-state index < -0.39 is 6.10 Å². The molecule has 0 radical (unpaired) electrons. The van der Waals surface area contributed by atoms with Crippen LogP contribution in [0.4, 0.5) is 0 Å². The average Bonchev–Trinajstić information content (AvgIpc) is 2.36. The molecule has 2 rings (SSSR count). The maximum absolute atomic E-state index is 10.4. The summed E-state index contributed by atoms with van der Waals surface area (Å²) in [6, 6.07) is 13.9. The van der Waals surface area contributed by atoms with E-state index in [-0.39, 0.29) is 0 Å². The first-order chi connectivity index (χ1) is 8.11. The first-order valence-corrected chi connectivity index (χ1v) is 5.91. The fourth-order valence-electron chi connectivity index (χ4n) is 2.09. The topological polar surface area (TPSA) is 20.2 Å². The molecular weight excluding hydrogens is 208 g/mol. The Morgan fingerprint density at radius 1 is 0.824 bits per heavy atom. The standard InChI is InChI=1S/C16H18O/c1-11-9-10-15(13(3)12(11)2)16(17)14-7-5-4-6-8-14/h4-10,16-17H,1-3H3/t16-/m1/s1. The number of benzene rings is 2. The van der Waals surface area contributed by atoms with Gasteiger partial charge < -0.3 is 5.11 Å². The highest BCUT2D eigenvalue weighted by molar-refractivity contribution is 5.42. The first kappa shape index (κ1) is 11.9. The third kappa shape index (κ3) is 2.25. The third-order valence-electron chi connectivity index (χ3n) is 3.51. The monoisotopic (exact) mass is 226 g/mol. The van der Waals surface area contributed by atoms with Crippen molar-refractivity contribution in [2.75, 3.05) is 0 Å². The minimum Gasteiger partial charge on any atom is -0.384 e. The highest BCUT2D eigenvalue weighted by Crippen LogP contribution is 2.27. The van der Waals surface area contributed by atoms with Crippen molar-refractivity contribution >= 4 is 0 Å². The van der Waals surface area contributed by atoms with E-state index in [9.17, 15) is 5.11 Å². The fraction of sp³-hybridized carbons (Fsp3) is 0.250. The van der Waals surface area contributed by atoms with Gasteiger partial charge >= 0.3 is 0 Å². The number of hydrogen-bond donors (Lipinski definition) is 1. The summed E-state index contributed by atoms with van der Waals surface area (Å²) >= 11 is 0. The Morgan fingerprint density at radius 2 is 1.47 bits per heavy atom. The van der Waals surface area contributed by atoms with E-state index in [1.54, 1.807) is 0 Å². The molecule has 0 unspecified atom stereocenters. The third-order valence-corrected chi connectivity index (χ3v) is 3.51. The van der Waals surface area contributed by atoms with Crippen LogP contribution in [0.1, 0.15) is 33.9 Å². The van der Waals surface area contributed by atoms with Crippen LogP contribution in [0.2, 0.25) is 0 Å². The summed E-state index contributed by atoms with van der Waals surface area (Å²) in [5.41, 5.74) is 5.66. The van der Waals surface area contributed by atoms with Crippen LogP contribution in [0.3, 0.4) is 0 Å². The normalized spacial score (nSPS) is 12.5. The van der Waals surface area contributed by atoms with Crippen LogP contribution < -0.4 is 0 Å². The largest absolute Gasteiger partial charge is 0.384 e. The van der Waals surface area contributed by atoms with Gasteiger partial charge in [0.2, 0.25) is 0 Å². The molecule has 0 fully saturated rings. The summed E-state index contributed by atoms with van der Waals surface area (Å²) in [4.78, 5) is 0. The zero-order valence-corrected chi connectivity index (χ0v) is 10.6. The van der Waals surface area contributed by atoms with Gasteiger partial charge in [-0.25, -0.2) is 0 Å². The van der Waals surface area contributed by atoms with E-state index in [4.69, 9.17) is 0 Å². The maximum atomic E-state index is 10.4. The highest BCUT2D eigenvalue weighted by Gasteiger charge is 2.14. The minimum absolute atomic E-state index is 0.532. The molecule has 2 aromatic rings. The molecule has 0 amide bonds. The Bertz CT molecular complexity index is 515. The second-order valence-electron chi connectivity index (χ2n) is 4.53. The van der Waals surface area contributed by atoms with Crippen LogP contribution >= 0.6 is 0 Å². The van der Waals surface area contributed by atoms with Crippen LogP contribution in [0.5, 0.6) is 0 Å². The molecule has 0 spiro atoms. The predicted octanol–water partition coefficient (Wildman–Crippen LogP) is 3.69. The molecule has 0 bridgehead atoms. The van der Waals surface area contributed by atoms with E-state index in [0.717, 1.165) is 11.1 Å². The van der Waals surface area contributed by atoms with Gasteiger partial charge in [0.1, 0.15) is 6.10 Å². The van der Waals surface area contributed by atoms with Gasteiger partial charge in [-0.1, -0.05) is 42.5 Å². The van der Waals surface area contributed by atoms with Crippen molar-refractivity contribution in [1.82, 2.24) is 0 Å². The molecular formula is C16H18O. The SMILES string of the molecule is Cc1ccc([C@H](O)c2ccccc2)c(C)c1C. The van der Waals surface area contributed by atoms with Crippen molar-refractivity contribution in [3.8, 4) is 0 Å². The molecule has 0 aliphatic heterocycles. The smallest absolute Gasteiger partial charge is 0.104 e. The zero-order chi connectivity index (χ0) is 12.4. The summed E-state index contributed by atoms with van der Waals surface area (Å²) in [5, 5.41) is 10.4. The Kier molecular flexibility index (Phi) is 3.30. The van der Waals surface area contributed by atoms with E-state index in [2.05, 4.69) is 26.8 Å².